The first-order chi connectivity index (χ1) is 9.33. The first-order valence-corrected chi connectivity index (χ1v) is 7.64. The summed E-state index contributed by atoms with van der Waals surface area (Å²) in [5.41, 5.74) is 4.91. The van der Waals surface area contributed by atoms with Crippen molar-refractivity contribution in [1.82, 2.24) is 0 Å². The molecule has 1 fully saturated rings. The van der Waals surface area contributed by atoms with Crippen LogP contribution < -0.4 is 0 Å². The molecule has 0 spiro atoms. The Hall–Kier alpha value is -1.54. The standard InChI is InChI=1S/C17H14OS/c18-15-6-3-7-16-14(15)9-8-13-12-5-2-1-4-11(12)10-17(13)19-16/h1-2,4-5,8-10,16H,3,6-7H2. The van der Waals surface area contributed by atoms with Crippen LogP contribution in [0.15, 0.2) is 46.9 Å². The topological polar surface area (TPSA) is 17.1 Å². The molecule has 1 saturated carbocycles. The van der Waals surface area contributed by atoms with Crippen molar-refractivity contribution < 1.29 is 4.79 Å². The molecule has 1 aromatic carbocycles. The largest absolute Gasteiger partial charge is 0.295 e. The second kappa shape index (κ2) is 4.24. The van der Waals surface area contributed by atoms with Gasteiger partial charge in [-0.1, -0.05) is 36.4 Å². The third-order valence-electron chi connectivity index (χ3n) is 4.04. The highest BCUT2D eigenvalue weighted by atomic mass is 32.2. The zero-order valence-corrected chi connectivity index (χ0v) is 11.4. The van der Waals surface area contributed by atoms with Crippen LogP contribution in [0.2, 0.25) is 0 Å². The van der Waals surface area contributed by atoms with E-state index in [4.69, 9.17) is 0 Å². The third kappa shape index (κ3) is 1.74. The summed E-state index contributed by atoms with van der Waals surface area (Å²) >= 11 is 1.87. The molecule has 94 valence electrons. The fourth-order valence-corrected chi connectivity index (χ4v) is 4.49. The minimum absolute atomic E-state index is 0.342. The van der Waals surface area contributed by atoms with E-state index in [0.717, 1.165) is 24.8 Å². The van der Waals surface area contributed by atoms with Crippen molar-refractivity contribution in [2.75, 3.05) is 0 Å². The van der Waals surface area contributed by atoms with Crippen LogP contribution in [0.1, 0.15) is 30.4 Å². The normalized spacial score (nSPS) is 24.5. The summed E-state index contributed by atoms with van der Waals surface area (Å²) in [6, 6.07) is 8.49. The summed E-state index contributed by atoms with van der Waals surface area (Å²) < 4.78 is 0. The molecular formula is C17H14OS. The van der Waals surface area contributed by atoms with Gasteiger partial charge in [-0.15, -0.1) is 11.8 Å². The lowest BCUT2D eigenvalue weighted by Crippen LogP contribution is -2.20. The molecule has 1 heterocycles. The molecule has 1 unspecified atom stereocenters. The molecular weight excluding hydrogens is 252 g/mol. The fraction of sp³-hybridized carbons (Fsp3) is 0.235. The number of hydrogen-bond acceptors (Lipinski definition) is 2. The van der Waals surface area contributed by atoms with E-state index in [0.29, 0.717) is 11.0 Å². The zero-order chi connectivity index (χ0) is 12.8. The molecule has 0 saturated heterocycles. The van der Waals surface area contributed by atoms with Crippen molar-refractivity contribution >= 4 is 29.2 Å². The number of rotatable bonds is 0. The van der Waals surface area contributed by atoms with Crippen molar-refractivity contribution in [3.63, 3.8) is 0 Å². The van der Waals surface area contributed by atoms with Crippen LogP contribution in [0.4, 0.5) is 0 Å². The first-order valence-electron chi connectivity index (χ1n) is 6.76. The summed E-state index contributed by atoms with van der Waals surface area (Å²) in [5, 5.41) is 0.357. The molecule has 2 heteroatoms. The number of thioether (sulfide) groups is 1. The SMILES string of the molecule is O=C1CCCC2SC3=Cc4ccccc4C3=CC=C12. The van der Waals surface area contributed by atoms with E-state index in [1.54, 1.807) is 0 Å². The van der Waals surface area contributed by atoms with Crippen molar-refractivity contribution in [3.05, 3.63) is 58.0 Å². The van der Waals surface area contributed by atoms with E-state index < -0.39 is 0 Å². The van der Waals surface area contributed by atoms with E-state index in [1.807, 2.05) is 11.8 Å². The number of benzene rings is 1. The van der Waals surface area contributed by atoms with E-state index >= 15 is 0 Å². The van der Waals surface area contributed by atoms with Crippen molar-refractivity contribution in [1.29, 1.82) is 0 Å². The van der Waals surface area contributed by atoms with Gasteiger partial charge in [-0.2, -0.15) is 0 Å². The Morgan fingerprint density at radius 3 is 3.00 bits per heavy atom. The van der Waals surface area contributed by atoms with Crippen LogP contribution in [0.5, 0.6) is 0 Å². The molecule has 0 aromatic heterocycles. The molecule has 1 nitrogen and oxygen atoms in total. The minimum Gasteiger partial charge on any atom is -0.295 e. The summed E-state index contributed by atoms with van der Waals surface area (Å²) in [5.74, 6) is 0.342. The number of allylic oxidation sites excluding steroid dienone is 3. The first kappa shape index (κ1) is 11.3. The Morgan fingerprint density at radius 1 is 1.16 bits per heavy atom. The molecule has 3 aliphatic rings. The van der Waals surface area contributed by atoms with E-state index in [1.165, 1.54) is 21.6 Å². The van der Waals surface area contributed by atoms with Crippen LogP contribution in [0, 0.1) is 0 Å². The molecule has 0 amide bonds. The number of carbonyl (C=O) groups excluding carboxylic acids is 1. The lowest BCUT2D eigenvalue weighted by molar-refractivity contribution is -0.116. The highest BCUT2D eigenvalue weighted by Crippen LogP contribution is 2.48. The molecule has 1 aliphatic heterocycles. The summed E-state index contributed by atoms with van der Waals surface area (Å²) in [6.07, 6.45) is 9.35. The summed E-state index contributed by atoms with van der Waals surface area (Å²) in [4.78, 5) is 13.3. The predicted octanol–water partition coefficient (Wildman–Crippen LogP) is 4.22. The highest BCUT2D eigenvalue weighted by molar-refractivity contribution is 8.04. The van der Waals surface area contributed by atoms with Gasteiger partial charge in [-0.3, -0.25) is 4.79 Å². The van der Waals surface area contributed by atoms with Crippen molar-refractivity contribution in [2.24, 2.45) is 0 Å². The van der Waals surface area contributed by atoms with Crippen molar-refractivity contribution in [2.45, 2.75) is 24.5 Å². The molecule has 1 atom stereocenters. The molecule has 4 rings (SSSR count). The van der Waals surface area contributed by atoms with E-state index in [-0.39, 0.29) is 0 Å². The highest BCUT2D eigenvalue weighted by Gasteiger charge is 2.31. The second-order valence-electron chi connectivity index (χ2n) is 5.22. The quantitative estimate of drug-likeness (QED) is 0.699. The molecule has 2 aliphatic carbocycles. The third-order valence-corrected chi connectivity index (χ3v) is 5.41. The number of fused-ring (bicyclic) bond motifs is 4. The Labute approximate surface area is 117 Å². The van der Waals surface area contributed by atoms with E-state index in [9.17, 15) is 4.79 Å². The van der Waals surface area contributed by atoms with Gasteiger partial charge in [0.25, 0.3) is 0 Å². The summed E-state index contributed by atoms with van der Waals surface area (Å²) in [7, 11) is 0. The van der Waals surface area contributed by atoms with Gasteiger partial charge >= 0.3 is 0 Å². The molecule has 0 N–H and O–H groups in total. The second-order valence-corrected chi connectivity index (χ2v) is 6.46. The van der Waals surface area contributed by atoms with Crippen LogP contribution in [-0.4, -0.2) is 11.0 Å². The molecule has 19 heavy (non-hydrogen) atoms. The van der Waals surface area contributed by atoms with Gasteiger partial charge in [0.1, 0.15) is 0 Å². The fourth-order valence-electron chi connectivity index (χ4n) is 3.07. The van der Waals surface area contributed by atoms with Crippen LogP contribution in [-0.2, 0) is 4.79 Å². The average molecular weight is 266 g/mol. The van der Waals surface area contributed by atoms with Gasteiger partial charge in [-0.25, -0.2) is 0 Å². The Morgan fingerprint density at radius 2 is 2.05 bits per heavy atom. The number of ketones is 1. The summed E-state index contributed by atoms with van der Waals surface area (Å²) in [6.45, 7) is 0. The number of Topliss-reactive ketones (excluding diaryl/α,β-unsaturated/α-hetero) is 1. The maximum Gasteiger partial charge on any atom is 0.160 e. The predicted molar refractivity (Wildman–Crippen MR) is 80.7 cm³/mol. The molecule has 0 bridgehead atoms. The molecule has 1 aromatic rings. The van der Waals surface area contributed by atoms with Crippen LogP contribution >= 0.6 is 11.8 Å². The monoisotopic (exact) mass is 266 g/mol. The Bertz CT molecular complexity index is 664. The Kier molecular flexibility index (Phi) is 2.52. The van der Waals surface area contributed by atoms with E-state index in [2.05, 4.69) is 42.5 Å². The zero-order valence-electron chi connectivity index (χ0n) is 10.6. The smallest absolute Gasteiger partial charge is 0.160 e. The maximum atomic E-state index is 12.0. The number of hydrogen-bond donors (Lipinski definition) is 0. The lowest BCUT2D eigenvalue weighted by Gasteiger charge is -2.22. The molecule has 0 radical (unpaired) electrons. The van der Waals surface area contributed by atoms with Crippen molar-refractivity contribution in [3.8, 4) is 0 Å². The van der Waals surface area contributed by atoms with Gasteiger partial charge < -0.3 is 0 Å². The van der Waals surface area contributed by atoms with Gasteiger partial charge in [0.05, 0.1) is 0 Å². The maximum absolute atomic E-state index is 12.0. The van der Waals surface area contributed by atoms with Crippen LogP contribution in [0.3, 0.4) is 0 Å². The lowest BCUT2D eigenvalue weighted by atomic mass is 9.92. The van der Waals surface area contributed by atoms with Gasteiger partial charge in [0, 0.05) is 22.1 Å². The van der Waals surface area contributed by atoms with Gasteiger partial charge in [0.15, 0.2) is 5.78 Å². The van der Waals surface area contributed by atoms with Gasteiger partial charge in [0.2, 0.25) is 0 Å². The average Bonchev–Trinajstić information content (AvgIpc) is 2.65. The number of carbonyl (C=O) groups is 1. The minimum atomic E-state index is 0.342. The Balaban J connectivity index is 1.82. The van der Waals surface area contributed by atoms with Crippen LogP contribution in [0.25, 0.3) is 11.6 Å². The van der Waals surface area contributed by atoms with Gasteiger partial charge in [-0.05, 0) is 35.6 Å².